The predicted molar refractivity (Wildman–Crippen MR) is 151 cm³/mol. The summed E-state index contributed by atoms with van der Waals surface area (Å²) in [6.45, 7) is 4.90. The smallest absolute Gasteiger partial charge is 0.333 e. The van der Waals surface area contributed by atoms with Crippen molar-refractivity contribution in [3.05, 3.63) is 88.9 Å². The lowest BCUT2D eigenvalue weighted by atomic mass is 10.1. The van der Waals surface area contributed by atoms with Gasteiger partial charge in [0.2, 0.25) is 5.91 Å². The summed E-state index contributed by atoms with van der Waals surface area (Å²) in [7, 11) is 0. The number of rotatable bonds is 5. The van der Waals surface area contributed by atoms with E-state index in [1.54, 1.807) is 68.5 Å². The van der Waals surface area contributed by atoms with Crippen LogP contribution in [0.3, 0.4) is 0 Å². The van der Waals surface area contributed by atoms with Crippen molar-refractivity contribution in [1.82, 2.24) is 20.9 Å². The van der Waals surface area contributed by atoms with Crippen molar-refractivity contribution in [1.29, 1.82) is 0 Å². The molecule has 2 bridgehead atoms. The van der Waals surface area contributed by atoms with Gasteiger partial charge in [-0.1, -0.05) is 54.2 Å². The second-order valence-electron chi connectivity index (χ2n) is 9.01. The highest BCUT2D eigenvalue weighted by Crippen LogP contribution is 2.18. The zero-order valence-electron chi connectivity index (χ0n) is 22.6. The molecule has 2 atom stereocenters. The van der Waals surface area contributed by atoms with Gasteiger partial charge in [-0.2, -0.15) is 0 Å². The minimum Gasteiger partial charge on any atom is -0.456 e. The normalized spacial score (nSPS) is 20.0. The molecule has 2 heterocycles. The molecule has 1 aliphatic heterocycles. The molecule has 0 fully saturated rings. The van der Waals surface area contributed by atoms with Crippen LogP contribution >= 0.6 is 11.8 Å². The summed E-state index contributed by atoms with van der Waals surface area (Å²) in [6, 6.07) is 10.6. The molecule has 0 saturated carbocycles. The van der Waals surface area contributed by atoms with Gasteiger partial charge in [-0.25, -0.2) is 9.78 Å². The van der Waals surface area contributed by atoms with Gasteiger partial charge in [-0.15, -0.1) is 0 Å². The van der Waals surface area contributed by atoms with Gasteiger partial charge >= 0.3 is 5.97 Å². The Hall–Kier alpha value is -4.25. The van der Waals surface area contributed by atoms with E-state index in [1.165, 1.54) is 24.8 Å². The molecule has 2 aromatic rings. The summed E-state index contributed by atoms with van der Waals surface area (Å²) < 4.78 is 5.72. The highest BCUT2D eigenvalue weighted by molar-refractivity contribution is 8.13. The van der Waals surface area contributed by atoms with E-state index in [-0.39, 0.29) is 29.5 Å². The van der Waals surface area contributed by atoms with Crippen LogP contribution in [0.1, 0.15) is 60.0 Å². The average molecular weight is 565 g/mol. The number of pyridine rings is 1. The van der Waals surface area contributed by atoms with Gasteiger partial charge in [0.1, 0.15) is 17.5 Å². The Kier molecular flexibility index (Phi) is 11.2. The number of thioether (sulfide) groups is 1. The lowest BCUT2D eigenvalue weighted by Gasteiger charge is -2.22. The molecule has 11 heteroatoms. The molecule has 0 unspecified atom stereocenters. The molecule has 10 nitrogen and oxygen atoms in total. The Morgan fingerprint density at radius 2 is 1.88 bits per heavy atom. The van der Waals surface area contributed by atoms with Crippen molar-refractivity contribution >= 4 is 40.6 Å². The molecule has 0 aliphatic carbocycles. The lowest BCUT2D eigenvalue weighted by molar-refractivity contribution is -0.152. The zero-order valence-corrected chi connectivity index (χ0v) is 23.4. The Morgan fingerprint density at radius 1 is 1.12 bits per heavy atom. The van der Waals surface area contributed by atoms with E-state index >= 15 is 0 Å². The van der Waals surface area contributed by atoms with Crippen LogP contribution in [0.2, 0.25) is 0 Å². The highest BCUT2D eigenvalue weighted by atomic mass is 32.2. The number of aryl methyl sites for hydroxylation is 1. The van der Waals surface area contributed by atoms with E-state index in [0.717, 1.165) is 5.56 Å². The molecule has 0 spiro atoms. The highest BCUT2D eigenvalue weighted by Gasteiger charge is 2.29. The van der Waals surface area contributed by atoms with E-state index in [1.807, 2.05) is 0 Å². The third-order valence-electron chi connectivity index (χ3n) is 5.74. The molecule has 1 aliphatic rings. The minimum atomic E-state index is -1.22. The molecular formula is C29H32N4O6S. The summed E-state index contributed by atoms with van der Waals surface area (Å²) in [5.41, 5.74) is 1.67. The third kappa shape index (κ3) is 9.19. The molecule has 3 rings (SSSR count). The molecule has 0 saturated heterocycles. The van der Waals surface area contributed by atoms with Crippen molar-refractivity contribution in [2.24, 2.45) is 0 Å². The first-order valence-corrected chi connectivity index (χ1v) is 13.7. The topological polar surface area (TPSA) is 144 Å². The lowest BCUT2D eigenvalue weighted by Crippen LogP contribution is -2.41. The maximum Gasteiger partial charge on any atom is 0.333 e. The SMILES string of the molecule is C/C=C1\NC(=O)c2cc(C)cc(n2)CNC(=O)C[C@@H](/C=C/CCSC(C)=O)OC(=O)[C@H](c2ccccc2)NC1=O. The number of carbonyl (C=O) groups is 5. The average Bonchev–Trinajstić information content (AvgIpc) is 2.92. The van der Waals surface area contributed by atoms with E-state index < -0.39 is 35.8 Å². The van der Waals surface area contributed by atoms with E-state index in [2.05, 4.69) is 20.9 Å². The van der Waals surface area contributed by atoms with Gasteiger partial charge in [0, 0.05) is 12.7 Å². The van der Waals surface area contributed by atoms with Crippen molar-refractivity contribution in [3.8, 4) is 0 Å². The minimum absolute atomic E-state index is 0.00466. The Morgan fingerprint density at radius 3 is 2.58 bits per heavy atom. The van der Waals surface area contributed by atoms with Crippen molar-refractivity contribution in [3.63, 3.8) is 0 Å². The molecule has 3 amide bonds. The number of aromatic nitrogens is 1. The van der Waals surface area contributed by atoms with Gasteiger partial charge in [0.05, 0.1) is 18.7 Å². The first-order valence-electron chi connectivity index (χ1n) is 12.7. The number of cyclic esters (lactones) is 1. The Labute approximate surface area is 237 Å². The number of benzene rings is 1. The van der Waals surface area contributed by atoms with Crippen molar-refractivity contribution in [2.45, 2.75) is 52.3 Å². The number of fused-ring (bicyclic) bond motifs is 2. The van der Waals surface area contributed by atoms with Gasteiger partial charge in [-0.05, 0) is 49.6 Å². The largest absolute Gasteiger partial charge is 0.456 e. The second-order valence-corrected chi connectivity index (χ2v) is 10.3. The number of hydrogen-bond acceptors (Lipinski definition) is 8. The van der Waals surface area contributed by atoms with Gasteiger partial charge < -0.3 is 20.7 Å². The maximum atomic E-state index is 13.4. The fourth-order valence-electron chi connectivity index (χ4n) is 3.85. The fraction of sp³-hybridized carbons (Fsp3) is 0.310. The van der Waals surface area contributed by atoms with Gasteiger partial charge in [0.15, 0.2) is 11.2 Å². The Balaban J connectivity index is 1.96. The van der Waals surface area contributed by atoms with E-state index in [0.29, 0.717) is 23.4 Å². The summed E-state index contributed by atoms with van der Waals surface area (Å²) in [6.07, 6.45) is 4.18. The van der Waals surface area contributed by atoms with Gasteiger partial charge in [-0.3, -0.25) is 19.2 Å². The van der Waals surface area contributed by atoms with Crippen LogP contribution in [-0.4, -0.2) is 45.6 Å². The molecule has 1 aromatic carbocycles. The van der Waals surface area contributed by atoms with Crippen LogP contribution in [0.25, 0.3) is 0 Å². The van der Waals surface area contributed by atoms with E-state index in [9.17, 15) is 24.0 Å². The quantitative estimate of drug-likeness (QED) is 0.218. The summed E-state index contributed by atoms with van der Waals surface area (Å²) in [5, 5.41) is 7.95. The van der Waals surface area contributed by atoms with Gasteiger partial charge in [0.25, 0.3) is 11.8 Å². The number of nitrogens with one attached hydrogen (secondary N) is 3. The zero-order chi connectivity index (χ0) is 29.1. The van der Waals surface area contributed by atoms with Crippen molar-refractivity contribution in [2.75, 3.05) is 5.75 Å². The number of esters is 1. The van der Waals surface area contributed by atoms with Crippen LogP contribution in [0.4, 0.5) is 0 Å². The third-order valence-corrected chi connectivity index (χ3v) is 6.59. The molecular weight excluding hydrogens is 532 g/mol. The van der Waals surface area contributed by atoms with E-state index in [4.69, 9.17) is 4.74 Å². The Bertz CT molecular complexity index is 1330. The monoisotopic (exact) mass is 564 g/mol. The second kappa shape index (κ2) is 14.8. The number of allylic oxidation sites excluding steroid dienone is 2. The first kappa shape index (κ1) is 30.3. The molecule has 1 aromatic heterocycles. The standard InChI is InChI=1S/C29H32N4O6S/c1-4-23-27(36)33-26(20-10-6-5-7-11-20)29(38)39-22(12-8-9-13-40-19(3)34)16-25(35)30-17-21-14-18(2)15-24(31-21)28(37)32-23/h4-8,10-12,14-15,22,26H,9,13,16-17H2,1-3H3,(H,30,35)(H,32,37)(H,33,36)/b12-8+,23-4-/t22-,26+/m1/s1. The number of amides is 3. The van der Waals surface area contributed by atoms with Crippen LogP contribution in [0.5, 0.6) is 0 Å². The van der Waals surface area contributed by atoms with Crippen LogP contribution in [-0.2, 0) is 30.5 Å². The molecule has 40 heavy (non-hydrogen) atoms. The first-order chi connectivity index (χ1) is 19.2. The summed E-state index contributed by atoms with van der Waals surface area (Å²) in [4.78, 5) is 67.9. The molecule has 0 radical (unpaired) electrons. The predicted octanol–water partition coefficient (Wildman–Crippen LogP) is 3.04. The maximum absolute atomic E-state index is 13.4. The summed E-state index contributed by atoms with van der Waals surface area (Å²) >= 11 is 1.17. The van der Waals surface area contributed by atoms with Crippen molar-refractivity contribution < 1.29 is 28.7 Å². The van der Waals surface area contributed by atoms with Crippen LogP contribution < -0.4 is 16.0 Å². The number of ether oxygens (including phenoxy) is 1. The molecule has 210 valence electrons. The number of nitrogens with zero attached hydrogens (tertiary/aromatic N) is 1. The number of carbonyl (C=O) groups excluding carboxylic acids is 5. The number of hydrogen-bond donors (Lipinski definition) is 3. The fourth-order valence-corrected chi connectivity index (χ4v) is 4.40. The van der Waals surface area contributed by atoms with Crippen LogP contribution in [0, 0.1) is 6.92 Å². The molecule has 3 N–H and O–H groups in total. The van der Waals surface area contributed by atoms with Crippen LogP contribution in [0.15, 0.2) is 66.4 Å². The summed E-state index contributed by atoms with van der Waals surface area (Å²) in [5.74, 6) is -1.96.